The van der Waals surface area contributed by atoms with Crippen LogP contribution in [0.15, 0.2) is 0 Å². The van der Waals surface area contributed by atoms with Crippen molar-refractivity contribution in [3.63, 3.8) is 0 Å². The summed E-state index contributed by atoms with van der Waals surface area (Å²) in [5.41, 5.74) is -0.393. The highest BCUT2D eigenvalue weighted by atomic mass is 16.4. The number of hydrogen-bond acceptors (Lipinski definition) is 2. The molecule has 0 aromatic carbocycles. The first-order valence-electron chi connectivity index (χ1n) is 9.32. The standard InChI is InChI=1S/C19H35NO3/c1-5-7-16(17(21)22)20-18(23)19(4)12-10-15(11-13-19)9-6-8-14(2)3/h14-16H,5-13H2,1-4H3,(H,20,23)(H,21,22)/t15-,16?,19+. The Morgan fingerprint density at radius 2 is 1.83 bits per heavy atom. The van der Waals surface area contributed by atoms with Gasteiger partial charge in [0, 0.05) is 5.41 Å². The Labute approximate surface area is 141 Å². The van der Waals surface area contributed by atoms with E-state index in [0.717, 1.165) is 43.9 Å². The van der Waals surface area contributed by atoms with E-state index < -0.39 is 17.4 Å². The molecule has 0 bridgehead atoms. The monoisotopic (exact) mass is 325 g/mol. The highest BCUT2D eigenvalue weighted by Crippen LogP contribution is 2.40. The molecular weight excluding hydrogens is 290 g/mol. The Balaban J connectivity index is 2.45. The van der Waals surface area contributed by atoms with E-state index in [1.165, 1.54) is 19.3 Å². The summed E-state index contributed by atoms with van der Waals surface area (Å²) in [5.74, 6) is 0.506. The Hall–Kier alpha value is -1.06. The maximum atomic E-state index is 12.5. The van der Waals surface area contributed by atoms with Gasteiger partial charge in [0.15, 0.2) is 0 Å². The molecule has 0 aliphatic heterocycles. The van der Waals surface area contributed by atoms with Gasteiger partial charge in [-0.2, -0.15) is 0 Å². The Morgan fingerprint density at radius 3 is 2.30 bits per heavy atom. The summed E-state index contributed by atoms with van der Waals surface area (Å²) in [5, 5.41) is 12.0. The molecule has 0 spiro atoms. The summed E-state index contributed by atoms with van der Waals surface area (Å²) in [4.78, 5) is 23.8. The third kappa shape index (κ3) is 6.52. The average Bonchev–Trinajstić information content (AvgIpc) is 2.48. The minimum Gasteiger partial charge on any atom is -0.480 e. The summed E-state index contributed by atoms with van der Waals surface area (Å²) < 4.78 is 0. The van der Waals surface area contributed by atoms with Crippen LogP contribution in [0.5, 0.6) is 0 Å². The summed E-state index contributed by atoms with van der Waals surface area (Å²) in [6, 6.07) is -0.743. The fourth-order valence-corrected chi connectivity index (χ4v) is 3.52. The second-order valence-corrected chi connectivity index (χ2v) is 7.98. The maximum absolute atomic E-state index is 12.5. The molecule has 1 fully saturated rings. The number of carboxylic acid groups (broad SMARTS) is 1. The fraction of sp³-hybridized carbons (Fsp3) is 0.895. The van der Waals surface area contributed by atoms with Gasteiger partial charge >= 0.3 is 5.97 Å². The van der Waals surface area contributed by atoms with Crippen molar-refractivity contribution in [3.8, 4) is 0 Å². The SMILES string of the molecule is CCCC(NC(=O)[C@]1(C)CC[C@H](CCCC(C)C)CC1)C(=O)O. The van der Waals surface area contributed by atoms with Crippen molar-refractivity contribution in [2.24, 2.45) is 17.3 Å². The van der Waals surface area contributed by atoms with Crippen LogP contribution in [-0.2, 0) is 9.59 Å². The molecule has 134 valence electrons. The number of carboxylic acids is 1. The van der Waals surface area contributed by atoms with Crippen molar-refractivity contribution in [1.29, 1.82) is 0 Å². The Bertz CT molecular complexity index is 384. The summed E-state index contributed by atoms with van der Waals surface area (Å²) in [6.45, 7) is 8.46. The predicted molar refractivity (Wildman–Crippen MR) is 93.2 cm³/mol. The third-order valence-electron chi connectivity index (χ3n) is 5.33. The van der Waals surface area contributed by atoms with Gasteiger partial charge in [-0.3, -0.25) is 4.79 Å². The number of aliphatic carboxylic acids is 1. The van der Waals surface area contributed by atoms with Crippen molar-refractivity contribution in [2.75, 3.05) is 0 Å². The lowest BCUT2D eigenvalue weighted by molar-refractivity contribution is -0.144. The molecule has 1 rings (SSSR count). The van der Waals surface area contributed by atoms with E-state index in [1.807, 2.05) is 13.8 Å². The quantitative estimate of drug-likeness (QED) is 0.661. The van der Waals surface area contributed by atoms with E-state index in [-0.39, 0.29) is 5.91 Å². The van der Waals surface area contributed by atoms with Crippen molar-refractivity contribution in [2.45, 2.75) is 91.5 Å². The maximum Gasteiger partial charge on any atom is 0.326 e. The van der Waals surface area contributed by atoms with Crippen molar-refractivity contribution in [1.82, 2.24) is 5.32 Å². The number of rotatable bonds is 9. The van der Waals surface area contributed by atoms with Gasteiger partial charge in [0.1, 0.15) is 6.04 Å². The van der Waals surface area contributed by atoms with Crippen LogP contribution in [0.4, 0.5) is 0 Å². The third-order valence-corrected chi connectivity index (χ3v) is 5.33. The summed E-state index contributed by atoms with van der Waals surface area (Å²) in [7, 11) is 0. The first-order valence-corrected chi connectivity index (χ1v) is 9.32. The largest absolute Gasteiger partial charge is 0.480 e. The minimum atomic E-state index is -0.925. The van der Waals surface area contributed by atoms with E-state index in [0.29, 0.717) is 6.42 Å². The van der Waals surface area contributed by atoms with E-state index in [2.05, 4.69) is 19.2 Å². The van der Waals surface area contributed by atoms with Crippen molar-refractivity contribution in [3.05, 3.63) is 0 Å². The van der Waals surface area contributed by atoms with Gasteiger partial charge in [0.05, 0.1) is 0 Å². The van der Waals surface area contributed by atoms with Gasteiger partial charge in [-0.05, 0) is 43.9 Å². The second kappa shape index (κ2) is 9.29. The molecular formula is C19H35NO3. The molecule has 4 heteroatoms. The van der Waals surface area contributed by atoms with Gasteiger partial charge in [-0.15, -0.1) is 0 Å². The molecule has 1 saturated carbocycles. The molecule has 2 N–H and O–H groups in total. The number of carbonyl (C=O) groups excluding carboxylic acids is 1. The van der Waals surface area contributed by atoms with Crippen LogP contribution in [0.25, 0.3) is 0 Å². The molecule has 1 amide bonds. The molecule has 4 nitrogen and oxygen atoms in total. The van der Waals surface area contributed by atoms with Crippen LogP contribution in [0.2, 0.25) is 0 Å². The van der Waals surface area contributed by atoms with Crippen LogP contribution in [-0.4, -0.2) is 23.0 Å². The first-order chi connectivity index (χ1) is 10.8. The molecule has 0 aromatic rings. The van der Waals surface area contributed by atoms with Gasteiger partial charge in [-0.25, -0.2) is 4.79 Å². The topological polar surface area (TPSA) is 66.4 Å². The van der Waals surface area contributed by atoms with Gasteiger partial charge in [0.25, 0.3) is 0 Å². The van der Waals surface area contributed by atoms with Crippen LogP contribution in [0.3, 0.4) is 0 Å². The lowest BCUT2D eigenvalue weighted by Crippen LogP contribution is -2.48. The predicted octanol–water partition coefficient (Wildman–Crippen LogP) is 4.38. The summed E-state index contributed by atoms with van der Waals surface area (Å²) >= 11 is 0. The molecule has 0 heterocycles. The van der Waals surface area contributed by atoms with Crippen LogP contribution in [0.1, 0.15) is 85.5 Å². The highest BCUT2D eigenvalue weighted by molar-refractivity contribution is 5.87. The highest BCUT2D eigenvalue weighted by Gasteiger charge is 2.38. The second-order valence-electron chi connectivity index (χ2n) is 7.98. The van der Waals surface area contributed by atoms with E-state index in [4.69, 9.17) is 0 Å². The normalized spacial score (nSPS) is 26.0. The Morgan fingerprint density at radius 1 is 1.22 bits per heavy atom. The molecule has 1 unspecified atom stereocenters. The first kappa shape index (κ1) is 20.0. The van der Waals surface area contributed by atoms with E-state index in [1.54, 1.807) is 0 Å². The lowest BCUT2D eigenvalue weighted by Gasteiger charge is -2.37. The van der Waals surface area contributed by atoms with Crippen LogP contribution >= 0.6 is 0 Å². The van der Waals surface area contributed by atoms with Crippen LogP contribution in [0, 0.1) is 17.3 Å². The summed E-state index contributed by atoms with van der Waals surface area (Å²) in [6.07, 6.45) is 9.02. The molecule has 0 radical (unpaired) electrons. The number of carbonyl (C=O) groups is 2. The molecule has 0 aromatic heterocycles. The minimum absolute atomic E-state index is 0.0704. The van der Waals surface area contributed by atoms with Gasteiger partial charge in [0.2, 0.25) is 5.91 Å². The average molecular weight is 325 g/mol. The molecule has 0 saturated heterocycles. The number of hydrogen-bond donors (Lipinski definition) is 2. The number of nitrogens with one attached hydrogen (secondary N) is 1. The zero-order valence-electron chi connectivity index (χ0n) is 15.4. The smallest absolute Gasteiger partial charge is 0.326 e. The van der Waals surface area contributed by atoms with E-state index in [9.17, 15) is 14.7 Å². The fourth-order valence-electron chi connectivity index (χ4n) is 3.52. The molecule has 1 aliphatic rings. The van der Waals surface area contributed by atoms with Crippen molar-refractivity contribution >= 4 is 11.9 Å². The zero-order chi connectivity index (χ0) is 17.5. The van der Waals surface area contributed by atoms with Gasteiger partial charge < -0.3 is 10.4 Å². The zero-order valence-corrected chi connectivity index (χ0v) is 15.4. The Kier molecular flexibility index (Phi) is 8.07. The molecule has 1 aliphatic carbocycles. The van der Waals surface area contributed by atoms with Crippen LogP contribution < -0.4 is 5.32 Å². The van der Waals surface area contributed by atoms with Gasteiger partial charge in [-0.1, -0.05) is 53.4 Å². The van der Waals surface area contributed by atoms with Crippen molar-refractivity contribution < 1.29 is 14.7 Å². The lowest BCUT2D eigenvalue weighted by atomic mass is 9.70. The number of amides is 1. The van der Waals surface area contributed by atoms with E-state index >= 15 is 0 Å². The molecule has 23 heavy (non-hydrogen) atoms. The molecule has 1 atom stereocenters.